The number of halogens is 2. The molecule has 0 aliphatic carbocycles. The van der Waals surface area contributed by atoms with Crippen molar-refractivity contribution in [2.24, 2.45) is 0 Å². The second-order valence-electron chi connectivity index (χ2n) is 5.55. The Labute approximate surface area is 150 Å². The fraction of sp³-hybridized carbons (Fsp3) is 0.278. The number of anilines is 1. The smallest absolute Gasteiger partial charge is 0.257 e. The largest absolute Gasteiger partial charge is 0.491 e. The third kappa shape index (κ3) is 4.41. The lowest BCUT2D eigenvalue weighted by Gasteiger charge is -2.13. The minimum atomic E-state index is -0.298. The molecule has 1 fully saturated rings. The monoisotopic (exact) mass is 365 g/mol. The van der Waals surface area contributed by atoms with Gasteiger partial charge in [0.05, 0.1) is 16.7 Å². The molecule has 2 aromatic rings. The summed E-state index contributed by atoms with van der Waals surface area (Å²) >= 11 is 11.9. The van der Waals surface area contributed by atoms with Gasteiger partial charge in [-0.2, -0.15) is 0 Å². The summed E-state index contributed by atoms with van der Waals surface area (Å²) in [5.41, 5.74) is 1.00. The second kappa shape index (κ2) is 7.88. The lowest BCUT2D eigenvalue weighted by atomic mass is 10.2. The van der Waals surface area contributed by atoms with Crippen LogP contribution in [-0.2, 0) is 4.74 Å². The van der Waals surface area contributed by atoms with Gasteiger partial charge in [-0.3, -0.25) is 4.79 Å². The number of hydrogen-bond acceptors (Lipinski definition) is 3. The van der Waals surface area contributed by atoms with Crippen LogP contribution in [-0.4, -0.2) is 25.2 Å². The third-order valence-corrected chi connectivity index (χ3v) is 4.28. The van der Waals surface area contributed by atoms with Crippen LogP contribution in [0.5, 0.6) is 5.75 Å². The lowest BCUT2D eigenvalue weighted by Crippen LogP contribution is -2.16. The summed E-state index contributed by atoms with van der Waals surface area (Å²) in [5, 5.41) is 3.61. The molecule has 0 radical (unpaired) electrons. The minimum absolute atomic E-state index is 0.149. The Morgan fingerprint density at radius 2 is 2.12 bits per heavy atom. The lowest BCUT2D eigenvalue weighted by molar-refractivity contribution is 0.0680. The van der Waals surface area contributed by atoms with Crippen LogP contribution in [0.15, 0.2) is 42.5 Å². The number of hydrogen-bond donors (Lipinski definition) is 1. The summed E-state index contributed by atoms with van der Waals surface area (Å²) in [6.07, 6.45) is 2.24. The Balaban J connectivity index is 1.64. The van der Waals surface area contributed by atoms with Crippen molar-refractivity contribution in [1.29, 1.82) is 0 Å². The Morgan fingerprint density at radius 1 is 1.25 bits per heavy atom. The molecule has 0 spiro atoms. The molecule has 4 nitrogen and oxygen atoms in total. The van der Waals surface area contributed by atoms with Crippen LogP contribution in [0.3, 0.4) is 0 Å². The van der Waals surface area contributed by atoms with Crippen molar-refractivity contribution in [3.63, 3.8) is 0 Å². The zero-order chi connectivity index (χ0) is 16.9. The van der Waals surface area contributed by atoms with E-state index in [0.29, 0.717) is 33.7 Å². The number of carbonyl (C=O) groups is 1. The average Bonchev–Trinajstić information content (AvgIpc) is 3.06. The Kier molecular flexibility index (Phi) is 5.61. The highest BCUT2D eigenvalue weighted by atomic mass is 35.5. The van der Waals surface area contributed by atoms with E-state index in [9.17, 15) is 4.79 Å². The first kappa shape index (κ1) is 17.1. The molecule has 1 heterocycles. The van der Waals surface area contributed by atoms with E-state index >= 15 is 0 Å². The first-order chi connectivity index (χ1) is 11.6. The first-order valence-corrected chi connectivity index (χ1v) is 8.48. The van der Waals surface area contributed by atoms with Crippen molar-refractivity contribution in [2.45, 2.75) is 18.9 Å². The third-order valence-electron chi connectivity index (χ3n) is 3.73. The van der Waals surface area contributed by atoms with Crippen molar-refractivity contribution < 1.29 is 14.3 Å². The van der Waals surface area contributed by atoms with E-state index in [0.717, 1.165) is 19.4 Å². The predicted octanol–water partition coefficient (Wildman–Crippen LogP) is 4.80. The molecule has 6 heteroatoms. The van der Waals surface area contributed by atoms with Crippen LogP contribution >= 0.6 is 23.2 Å². The second-order valence-corrected chi connectivity index (χ2v) is 6.40. The molecule has 3 rings (SSSR count). The molecule has 0 aromatic heterocycles. The molecule has 1 amide bonds. The van der Waals surface area contributed by atoms with Gasteiger partial charge in [-0.15, -0.1) is 0 Å². The molecule has 1 aliphatic heterocycles. The Morgan fingerprint density at radius 3 is 2.88 bits per heavy atom. The fourth-order valence-electron chi connectivity index (χ4n) is 2.50. The van der Waals surface area contributed by atoms with Gasteiger partial charge in [0.2, 0.25) is 0 Å². The van der Waals surface area contributed by atoms with Gasteiger partial charge in [0, 0.05) is 23.4 Å². The number of benzene rings is 2. The van der Waals surface area contributed by atoms with Gasteiger partial charge in [-0.05, 0) is 43.2 Å². The number of ether oxygens (including phenoxy) is 2. The topological polar surface area (TPSA) is 47.6 Å². The van der Waals surface area contributed by atoms with E-state index < -0.39 is 0 Å². The molecular weight excluding hydrogens is 349 g/mol. The number of nitrogens with one attached hydrogen (secondary N) is 1. The minimum Gasteiger partial charge on any atom is -0.491 e. The summed E-state index contributed by atoms with van der Waals surface area (Å²) in [6.45, 7) is 1.31. The normalized spacial score (nSPS) is 16.8. The summed E-state index contributed by atoms with van der Waals surface area (Å²) in [7, 11) is 0. The summed E-state index contributed by atoms with van der Waals surface area (Å²) in [5.74, 6) is 0.387. The maximum Gasteiger partial charge on any atom is 0.257 e. The Bertz CT molecular complexity index is 730. The van der Waals surface area contributed by atoms with Gasteiger partial charge in [0.15, 0.2) is 0 Å². The van der Waals surface area contributed by atoms with Crippen LogP contribution in [0.1, 0.15) is 23.2 Å². The molecule has 0 bridgehead atoms. The highest BCUT2D eigenvalue weighted by Gasteiger charge is 2.16. The van der Waals surface area contributed by atoms with Gasteiger partial charge in [0.25, 0.3) is 5.91 Å². The Hall–Kier alpha value is -1.75. The van der Waals surface area contributed by atoms with Crippen LogP contribution in [0.25, 0.3) is 0 Å². The standard InChI is InChI=1S/C18H17Cl2NO3/c19-12-6-7-16(17(20)9-12)18(22)21-13-3-1-4-14(10-13)24-11-15-5-2-8-23-15/h1,3-4,6-7,9-10,15H,2,5,8,11H2,(H,21,22)/t15-/m1/s1. The molecule has 0 saturated carbocycles. The summed E-state index contributed by atoms with van der Waals surface area (Å²) in [4.78, 5) is 12.3. The van der Waals surface area contributed by atoms with Crippen molar-refractivity contribution in [3.05, 3.63) is 58.1 Å². The molecule has 1 atom stereocenters. The summed E-state index contributed by atoms with van der Waals surface area (Å²) in [6, 6.07) is 12.0. The van der Waals surface area contributed by atoms with Crippen molar-refractivity contribution >= 4 is 34.8 Å². The molecule has 1 N–H and O–H groups in total. The highest BCUT2D eigenvalue weighted by Crippen LogP contribution is 2.24. The SMILES string of the molecule is O=C(Nc1cccc(OC[C@H]2CCCO2)c1)c1ccc(Cl)cc1Cl. The maximum atomic E-state index is 12.3. The molecule has 1 saturated heterocycles. The van der Waals surface area contributed by atoms with E-state index in [1.54, 1.807) is 30.3 Å². The van der Waals surface area contributed by atoms with E-state index in [4.69, 9.17) is 32.7 Å². The first-order valence-electron chi connectivity index (χ1n) is 7.73. The maximum absolute atomic E-state index is 12.3. The van der Waals surface area contributed by atoms with Crippen LogP contribution < -0.4 is 10.1 Å². The molecule has 2 aromatic carbocycles. The zero-order valence-electron chi connectivity index (χ0n) is 12.9. The van der Waals surface area contributed by atoms with Gasteiger partial charge in [0.1, 0.15) is 12.4 Å². The van der Waals surface area contributed by atoms with Crippen LogP contribution in [0.2, 0.25) is 10.0 Å². The van der Waals surface area contributed by atoms with Crippen molar-refractivity contribution in [1.82, 2.24) is 0 Å². The number of amides is 1. The fourth-order valence-corrected chi connectivity index (χ4v) is 2.99. The van der Waals surface area contributed by atoms with E-state index in [1.165, 1.54) is 0 Å². The number of carbonyl (C=O) groups excluding carboxylic acids is 1. The van der Waals surface area contributed by atoms with Crippen LogP contribution in [0.4, 0.5) is 5.69 Å². The zero-order valence-corrected chi connectivity index (χ0v) is 14.4. The highest BCUT2D eigenvalue weighted by molar-refractivity contribution is 6.37. The molecule has 1 aliphatic rings. The predicted molar refractivity (Wildman–Crippen MR) is 95.3 cm³/mol. The van der Waals surface area contributed by atoms with Crippen molar-refractivity contribution in [3.8, 4) is 5.75 Å². The van der Waals surface area contributed by atoms with Gasteiger partial charge >= 0.3 is 0 Å². The molecule has 126 valence electrons. The average molecular weight is 366 g/mol. The van der Waals surface area contributed by atoms with E-state index in [2.05, 4.69) is 5.32 Å². The van der Waals surface area contributed by atoms with Crippen LogP contribution in [0, 0.1) is 0 Å². The van der Waals surface area contributed by atoms with Gasteiger partial charge in [-0.1, -0.05) is 29.3 Å². The van der Waals surface area contributed by atoms with Gasteiger partial charge < -0.3 is 14.8 Å². The van der Waals surface area contributed by atoms with E-state index in [1.807, 2.05) is 12.1 Å². The summed E-state index contributed by atoms with van der Waals surface area (Å²) < 4.78 is 11.3. The molecule has 24 heavy (non-hydrogen) atoms. The number of rotatable bonds is 5. The quantitative estimate of drug-likeness (QED) is 0.827. The van der Waals surface area contributed by atoms with Crippen molar-refractivity contribution in [2.75, 3.05) is 18.5 Å². The molecule has 0 unspecified atom stereocenters. The van der Waals surface area contributed by atoms with Gasteiger partial charge in [-0.25, -0.2) is 0 Å². The van der Waals surface area contributed by atoms with E-state index in [-0.39, 0.29) is 12.0 Å². The molecular formula is C18H17Cl2NO3.